The summed E-state index contributed by atoms with van der Waals surface area (Å²) in [6.45, 7) is 8.21. The molecule has 2 aliphatic rings. The van der Waals surface area contributed by atoms with Crippen LogP contribution in [0.4, 0.5) is 13.2 Å². The Morgan fingerprint density at radius 1 is 1.16 bits per heavy atom. The maximum Gasteiger partial charge on any atom is 0.416 e. The number of benzene rings is 1. The SMILES string of the molecule is CCCN1C(=O)C(CC(C)C)NC(=O)C12CCN(Cc1ccc(-c3cc(C(F)(F)F)ccc3Cl)o1)CC2. The average Bonchev–Trinajstić information content (AvgIpc) is 3.29. The highest BCUT2D eigenvalue weighted by molar-refractivity contribution is 6.33. The van der Waals surface area contributed by atoms with E-state index in [-0.39, 0.29) is 34.1 Å². The van der Waals surface area contributed by atoms with Crippen molar-refractivity contribution in [2.24, 2.45) is 5.92 Å². The third-order valence-electron chi connectivity index (χ3n) is 7.25. The van der Waals surface area contributed by atoms with Gasteiger partial charge in [0.1, 0.15) is 23.1 Å². The van der Waals surface area contributed by atoms with E-state index in [1.165, 1.54) is 6.07 Å². The molecule has 2 saturated heterocycles. The normalized spacial score (nSPS) is 20.6. The number of hydrogen-bond acceptors (Lipinski definition) is 4. The van der Waals surface area contributed by atoms with Crippen LogP contribution in [0, 0.1) is 5.92 Å². The molecule has 1 aromatic carbocycles. The number of nitrogens with zero attached hydrogens (tertiary/aromatic N) is 2. The van der Waals surface area contributed by atoms with Gasteiger partial charge in [0.2, 0.25) is 11.8 Å². The second-order valence-electron chi connectivity index (χ2n) is 10.4. The Labute approximate surface area is 220 Å². The Morgan fingerprint density at radius 3 is 2.49 bits per heavy atom. The molecule has 2 aliphatic heterocycles. The number of likely N-dealkylation sites (tertiary alicyclic amines) is 1. The number of piperazine rings is 1. The summed E-state index contributed by atoms with van der Waals surface area (Å²) in [7, 11) is 0. The van der Waals surface area contributed by atoms with Crippen LogP contribution in [-0.2, 0) is 22.3 Å². The smallest absolute Gasteiger partial charge is 0.416 e. The zero-order valence-corrected chi connectivity index (χ0v) is 22.1. The Balaban J connectivity index is 1.45. The van der Waals surface area contributed by atoms with E-state index in [0.29, 0.717) is 51.2 Å². The number of nitrogens with one attached hydrogen (secondary N) is 1. The molecule has 0 saturated carbocycles. The molecule has 1 unspecified atom stereocenters. The first-order valence-corrected chi connectivity index (χ1v) is 13.1. The maximum atomic E-state index is 13.3. The lowest BCUT2D eigenvalue weighted by atomic mass is 9.81. The number of carbonyl (C=O) groups is 2. The van der Waals surface area contributed by atoms with Gasteiger partial charge in [-0.25, -0.2) is 0 Å². The molecule has 0 bridgehead atoms. The second kappa shape index (κ2) is 10.7. The largest absolute Gasteiger partial charge is 0.460 e. The van der Waals surface area contributed by atoms with Crippen molar-refractivity contribution in [3.63, 3.8) is 0 Å². The fraction of sp³-hybridized carbons (Fsp3) is 0.556. The van der Waals surface area contributed by atoms with Gasteiger partial charge in [0.25, 0.3) is 0 Å². The third kappa shape index (κ3) is 5.67. The molecule has 3 heterocycles. The summed E-state index contributed by atoms with van der Waals surface area (Å²) >= 11 is 6.16. The first-order valence-electron chi connectivity index (χ1n) is 12.7. The van der Waals surface area contributed by atoms with Gasteiger partial charge in [-0.2, -0.15) is 13.2 Å². The van der Waals surface area contributed by atoms with Gasteiger partial charge in [0.05, 0.1) is 17.1 Å². The summed E-state index contributed by atoms with van der Waals surface area (Å²) in [6, 6.07) is 6.02. The lowest BCUT2D eigenvalue weighted by Gasteiger charge is -2.51. The number of piperidine rings is 1. The molecule has 1 atom stereocenters. The second-order valence-corrected chi connectivity index (χ2v) is 10.8. The Kier molecular flexibility index (Phi) is 7.95. The van der Waals surface area contributed by atoms with Crippen LogP contribution in [0.1, 0.15) is 57.8 Å². The van der Waals surface area contributed by atoms with E-state index in [2.05, 4.69) is 10.2 Å². The topological polar surface area (TPSA) is 65.8 Å². The highest BCUT2D eigenvalue weighted by Crippen LogP contribution is 2.38. The standard InChI is InChI=1S/C27H33ClF3N3O3/c1-4-11-34-24(35)22(14-17(2)3)32-25(36)26(34)9-12-33(13-10-26)16-19-6-8-23(37-19)20-15-18(27(29,30)31)5-7-21(20)28/h5-8,15,17,22H,4,9-14,16H2,1-3H3,(H,32,36). The molecule has 10 heteroatoms. The van der Waals surface area contributed by atoms with Crippen LogP contribution in [0.15, 0.2) is 34.7 Å². The van der Waals surface area contributed by atoms with Crippen molar-refractivity contribution in [2.75, 3.05) is 19.6 Å². The lowest BCUT2D eigenvalue weighted by molar-refractivity contribution is -0.161. The van der Waals surface area contributed by atoms with E-state index in [9.17, 15) is 22.8 Å². The van der Waals surface area contributed by atoms with Crippen LogP contribution >= 0.6 is 11.6 Å². The van der Waals surface area contributed by atoms with Crippen LogP contribution < -0.4 is 5.32 Å². The predicted molar refractivity (Wildman–Crippen MR) is 135 cm³/mol. The molecular formula is C27H33ClF3N3O3. The van der Waals surface area contributed by atoms with Gasteiger partial charge in [-0.3, -0.25) is 14.5 Å². The summed E-state index contributed by atoms with van der Waals surface area (Å²) in [6.07, 6.45) is -2.08. The van der Waals surface area contributed by atoms with Crippen LogP contribution in [0.2, 0.25) is 5.02 Å². The van der Waals surface area contributed by atoms with E-state index < -0.39 is 23.3 Å². The minimum atomic E-state index is -4.48. The molecule has 0 aliphatic carbocycles. The van der Waals surface area contributed by atoms with Gasteiger partial charge in [0.15, 0.2) is 0 Å². The van der Waals surface area contributed by atoms with Crippen molar-refractivity contribution >= 4 is 23.4 Å². The first kappa shape index (κ1) is 27.5. The Bertz CT molecular complexity index is 1140. The Hall–Kier alpha value is -2.52. The number of halogens is 4. The van der Waals surface area contributed by atoms with Crippen molar-refractivity contribution in [2.45, 2.75) is 70.8 Å². The quantitative estimate of drug-likeness (QED) is 0.487. The van der Waals surface area contributed by atoms with Gasteiger partial charge in [-0.1, -0.05) is 32.4 Å². The first-order chi connectivity index (χ1) is 17.4. The minimum Gasteiger partial charge on any atom is -0.460 e. The van der Waals surface area contributed by atoms with E-state index in [1.807, 2.05) is 20.8 Å². The van der Waals surface area contributed by atoms with Crippen LogP contribution in [0.3, 0.4) is 0 Å². The number of hydrogen-bond donors (Lipinski definition) is 1. The highest BCUT2D eigenvalue weighted by Gasteiger charge is 2.53. The average molecular weight is 540 g/mol. The van der Waals surface area contributed by atoms with Crippen LogP contribution in [0.25, 0.3) is 11.3 Å². The van der Waals surface area contributed by atoms with Gasteiger partial charge in [-0.05, 0) is 61.9 Å². The molecule has 37 heavy (non-hydrogen) atoms. The molecule has 2 amide bonds. The molecule has 4 rings (SSSR count). The monoisotopic (exact) mass is 539 g/mol. The van der Waals surface area contributed by atoms with Gasteiger partial charge >= 0.3 is 6.18 Å². The van der Waals surface area contributed by atoms with E-state index in [0.717, 1.165) is 18.6 Å². The van der Waals surface area contributed by atoms with Gasteiger partial charge < -0.3 is 14.6 Å². The maximum absolute atomic E-state index is 13.3. The number of alkyl halides is 3. The summed E-state index contributed by atoms with van der Waals surface area (Å²) in [5.74, 6) is 1.06. The number of amides is 2. The molecular weight excluding hydrogens is 507 g/mol. The van der Waals surface area contributed by atoms with Crippen molar-refractivity contribution in [1.29, 1.82) is 0 Å². The van der Waals surface area contributed by atoms with Crippen molar-refractivity contribution in [3.05, 3.63) is 46.7 Å². The predicted octanol–water partition coefficient (Wildman–Crippen LogP) is 5.74. The fourth-order valence-corrected chi connectivity index (χ4v) is 5.56. The van der Waals surface area contributed by atoms with E-state index >= 15 is 0 Å². The molecule has 6 nitrogen and oxygen atoms in total. The Morgan fingerprint density at radius 2 is 1.86 bits per heavy atom. The highest BCUT2D eigenvalue weighted by atomic mass is 35.5. The summed E-state index contributed by atoms with van der Waals surface area (Å²) < 4.78 is 45.3. The number of furan rings is 1. The van der Waals surface area contributed by atoms with Crippen molar-refractivity contribution in [1.82, 2.24) is 15.1 Å². The van der Waals surface area contributed by atoms with Crippen LogP contribution in [-0.4, -0.2) is 52.8 Å². The molecule has 2 aromatic rings. The molecule has 1 N–H and O–H groups in total. The number of rotatable bonds is 7. The lowest BCUT2D eigenvalue weighted by Crippen LogP contribution is -2.73. The molecule has 2 fully saturated rings. The molecule has 1 spiro atoms. The summed E-state index contributed by atoms with van der Waals surface area (Å²) in [4.78, 5) is 30.5. The summed E-state index contributed by atoms with van der Waals surface area (Å²) in [5, 5.41) is 3.17. The molecule has 0 radical (unpaired) electrons. The fourth-order valence-electron chi connectivity index (χ4n) is 5.35. The summed E-state index contributed by atoms with van der Waals surface area (Å²) in [5.41, 5.74) is -1.46. The molecule has 202 valence electrons. The van der Waals surface area contributed by atoms with E-state index in [4.69, 9.17) is 16.0 Å². The minimum absolute atomic E-state index is 0.00255. The van der Waals surface area contributed by atoms with Crippen molar-refractivity contribution < 1.29 is 27.2 Å². The van der Waals surface area contributed by atoms with Crippen LogP contribution in [0.5, 0.6) is 0 Å². The zero-order valence-electron chi connectivity index (χ0n) is 21.3. The van der Waals surface area contributed by atoms with Gasteiger partial charge in [0, 0.05) is 25.2 Å². The van der Waals surface area contributed by atoms with E-state index in [1.54, 1.807) is 17.0 Å². The van der Waals surface area contributed by atoms with Crippen molar-refractivity contribution in [3.8, 4) is 11.3 Å². The van der Waals surface area contributed by atoms with Gasteiger partial charge in [-0.15, -0.1) is 0 Å². The zero-order chi connectivity index (χ0) is 27.0. The molecule has 1 aromatic heterocycles. The number of carbonyl (C=O) groups excluding carboxylic acids is 2. The third-order valence-corrected chi connectivity index (χ3v) is 7.58.